The fourth-order valence-corrected chi connectivity index (χ4v) is 3.27. The monoisotopic (exact) mass is 379 g/mol. The molecular weight excluding hydrogens is 362 g/mol. The smallest absolute Gasteiger partial charge is 0.334 e. The molecular formula is C16H18BrN3O3. The molecule has 1 fully saturated rings. The van der Waals surface area contributed by atoms with Gasteiger partial charge in [-0.05, 0) is 32.0 Å². The molecule has 122 valence electrons. The molecule has 1 aromatic carbocycles. The summed E-state index contributed by atoms with van der Waals surface area (Å²) >= 11 is 3.35. The highest BCUT2D eigenvalue weighted by atomic mass is 79.9. The Balaban J connectivity index is 2.01. The maximum absolute atomic E-state index is 12.4. The van der Waals surface area contributed by atoms with Gasteiger partial charge in [-0.1, -0.05) is 22.0 Å². The van der Waals surface area contributed by atoms with Crippen LogP contribution in [0, 0.1) is 0 Å². The van der Waals surface area contributed by atoms with Gasteiger partial charge in [-0.15, -0.1) is 0 Å². The van der Waals surface area contributed by atoms with E-state index in [1.54, 1.807) is 18.2 Å². The molecule has 0 radical (unpaired) electrons. The Kier molecular flexibility index (Phi) is 4.41. The van der Waals surface area contributed by atoms with Crippen LogP contribution in [0.25, 0.3) is 5.69 Å². The van der Waals surface area contributed by atoms with E-state index in [0.717, 1.165) is 9.04 Å². The molecule has 6 nitrogen and oxygen atoms in total. The average Bonchev–Trinajstić information content (AvgIpc) is 2.45. The second kappa shape index (κ2) is 6.33. The van der Waals surface area contributed by atoms with Crippen molar-refractivity contribution < 1.29 is 4.74 Å². The summed E-state index contributed by atoms with van der Waals surface area (Å²) < 4.78 is 7.62. The molecule has 0 amide bonds. The maximum atomic E-state index is 12.4. The number of rotatable bonds is 2. The largest absolute Gasteiger partial charge is 0.372 e. The van der Waals surface area contributed by atoms with Gasteiger partial charge in [0.25, 0.3) is 5.56 Å². The lowest BCUT2D eigenvalue weighted by atomic mass is 10.2. The minimum atomic E-state index is -0.447. The van der Waals surface area contributed by atoms with Crippen molar-refractivity contribution >= 4 is 21.7 Å². The number of nitrogens with one attached hydrogen (secondary N) is 1. The van der Waals surface area contributed by atoms with Crippen molar-refractivity contribution in [2.75, 3.05) is 18.0 Å². The van der Waals surface area contributed by atoms with Crippen LogP contribution in [0.5, 0.6) is 0 Å². The van der Waals surface area contributed by atoms with Gasteiger partial charge in [-0.3, -0.25) is 9.78 Å². The Morgan fingerprint density at radius 2 is 1.87 bits per heavy atom. The summed E-state index contributed by atoms with van der Waals surface area (Å²) in [6.45, 7) is 5.23. The van der Waals surface area contributed by atoms with Gasteiger partial charge in [0, 0.05) is 23.6 Å². The number of halogens is 1. The third-order valence-electron chi connectivity index (χ3n) is 3.75. The van der Waals surface area contributed by atoms with Gasteiger partial charge >= 0.3 is 5.69 Å². The lowest BCUT2D eigenvalue weighted by Gasteiger charge is -2.36. The first-order valence-corrected chi connectivity index (χ1v) is 8.26. The Morgan fingerprint density at radius 1 is 1.17 bits per heavy atom. The number of hydrogen-bond donors (Lipinski definition) is 1. The van der Waals surface area contributed by atoms with Crippen LogP contribution >= 0.6 is 15.9 Å². The van der Waals surface area contributed by atoms with Crippen molar-refractivity contribution in [3.63, 3.8) is 0 Å². The highest BCUT2D eigenvalue weighted by Crippen LogP contribution is 2.17. The second-order valence-corrected chi connectivity index (χ2v) is 6.69. The molecule has 0 unspecified atom stereocenters. The quantitative estimate of drug-likeness (QED) is 0.865. The van der Waals surface area contributed by atoms with Crippen molar-refractivity contribution in [1.82, 2.24) is 9.55 Å². The molecule has 2 heterocycles. The number of benzene rings is 1. The van der Waals surface area contributed by atoms with Gasteiger partial charge in [-0.2, -0.15) is 0 Å². The zero-order chi connectivity index (χ0) is 16.6. The van der Waals surface area contributed by atoms with Crippen LogP contribution in [0.1, 0.15) is 13.8 Å². The van der Waals surface area contributed by atoms with Crippen LogP contribution in [0.4, 0.5) is 5.82 Å². The van der Waals surface area contributed by atoms with E-state index in [4.69, 9.17) is 4.74 Å². The number of nitrogens with zero attached hydrogens (tertiary/aromatic N) is 2. The summed E-state index contributed by atoms with van der Waals surface area (Å²) in [6, 6.07) is 8.54. The molecule has 0 saturated carbocycles. The lowest BCUT2D eigenvalue weighted by molar-refractivity contribution is -0.00549. The number of aromatic nitrogens is 2. The van der Waals surface area contributed by atoms with Gasteiger partial charge in [0.15, 0.2) is 0 Å². The van der Waals surface area contributed by atoms with Gasteiger partial charge in [0.1, 0.15) is 5.82 Å². The van der Waals surface area contributed by atoms with Crippen molar-refractivity contribution in [2.24, 2.45) is 0 Å². The Hall–Kier alpha value is -1.86. The molecule has 2 atom stereocenters. The molecule has 1 aromatic heterocycles. The summed E-state index contributed by atoms with van der Waals surface area (Å²) in [7, 11) is 0. The van der Waals surface area contributed by atoms with Gasteiger partial charge in [0.2, 0.25) is 0 Å². The van der Waals surface area contributed by atoms with E-state index in [-0.39, 0.29) is 17.8 Å². The topological polar surface area (TPSA) is 67.3 Å². The standard InChI is InChI=1S/C16H18BrN3O3/c1-10-8-19(9-11(2)23-10)14-7-15(21)20(16(22)18-14)13-5-3-4-12(17)6-13/h3-7,10-11H,8-9H2,1-2H3,(H,18,22)/t10-,11-/m0/s1. The average molecular weight is 380 g/mol. The summed E-state index contributed by atoms with van der Waals surface area (Å²) in [5.41, 5.74) is -0.271. The van der Waals surface area contributed by atoms with Crippen molar-refractivity contribution in [3.8, 4) is 5.69 Å². The van der Waals surface area contributed by atoms with E-state index >= 15 is 0 Å². The molecule has 23 heavy (non-hydrogen) atoms. The van der Waals surface area contributed by atoms with E-state index in [1.807, 2.05) is 24.8 Å². The third-order valence-corrected chi connectivity index (χ3v) is 4.24. The molecule has 3 rings (SSSR count). The number of H-pyrrole nitrogens is 1. The third kappa shape index (κ3) is 3.40. The highest BCUT2D eigenvalue weighted by Gasteiger charge is 2.23. The zero-order valence-corrected chi connectivity index (χ0v) is 14.5. The summed E-state index contributed by atoms with van der Waals surface area (Å²) in [4.78, 5) is 29.6. The second-order valence-electron chi connectivity index (χ2n) is 5.78. The first-order chi connectivity index (χ1) is 10.9. The predicted molar refractivity (Wildman–Crippen MR) is 92.6 cm³/mol. The van der Waals surface area contributed by atoms with Crippen LogP contribution in [-0.2, 0) is 4.74 Å². The molecule has 1 aliphatic rings. The zero-order valence-electron chi connectivity index (χ0n) is 13.0. The van der Waals surface area contributed by atoms with Crippen LogP contribution in [0.15, 0.2) is 44.4 Å². The van der Waals surface area contributed by atoms with Gasteiger partial charge < -0.3 is 9.64 Å². The Bertz CT molecular complexity index is 789. The summed E-state index contributed by atoms with van der Waals surface area (Å²) in [6.07, 6.45) is 0.101. The van der Waals surface area contributed by atoms with E-state index in [9.17, 15) is 9.59 Å². The fraction of sp³-hybridized carbons (Fsp3) is 0.375. The van der Waals surface area contributed by atoms with Crippen LogP contribution in [0.3, 0.4) is 0 Å². The van der Waals surface area contributed by atoms with Crippen LogP contribution < -0.4 is 16.1 Å². The summed E-state index contributed by atoms with van der Waals surface area (Å²) in [5, 5.41) is 0. The minimum absolute atomic E-state index is 0.0507. The number of hydrogen-bond acceptors (Lipinski definition) is 4. The molecule has 1 N–H and O–H groups in total. The SMILES string of the molecule is C[C@H]1CN(c2cc(=O)n(-c3cccc(Br)c3)c(=O)[nH]2)C[C@H](C)O1. The van der Waals surface area contributed by atoms with Crippen molar-refractivity contribution in [3.05, 3.63) is 55.6 Å². The molecule has 0 spiro atoms. The number of ether oxygens (including phenoxy) is 1. The van der Waals surface area contributed by atoms with E-state index in [1.165, 1.54) is 6.07 Å². The number of aromatic amines is 1. The predicted octanol–water partition coefficient (Wildman–Crippen LogP) is 1.90. The molecule has 2 aromatic rings. The fourth-order valence-electron chi connectivity index (χ4n) is 2.89. The lowest BCUT2D eigenvalue weighted by Crippen LogP contribution is -2.47. The first-order valence-electron chi connectivity index (χ1n) is 7.47. The highest BCUT2D eigenvalue weighted by molar-refractivity contribution is 9.10. The van der Waals surface area contributed by atoms with Gasteiger partial charge in [0.05, 0.1) is 17.9 Å². The Labute approximate surface area is 141 Å². The molecule has 0 bridgehead atoms. The summed E-state index contributed by atoms with van der Waals surface area (Å²) in [5.74, 6) is 0.535. The normalized spacial score (nSPS) is 21.4. The molecule has 0 aliphatic carbocycles. The number of morpholine rings is 1. The number of anilines is 1. The van der Waals surface area contributed by atoms with Crippen LogP contribution in [0.2, 0.25) is 0 Å². The van der Waals surface area contributed by atoms with E-state index in [2.05, 4.69) is 20.9 Å². The van der Waals surface area contributed by atoms with E-state index in [0.29, 0.717) is 24.6 Å². The molecule has 1 aliphatic heterocycles. The minimum Gasteiger partial charge on any atom is -0.372 e. The van der Waals surface area contributed by atoms with Crippen molar-refractivity contribution in [2.45, 2.75) is 26.1 Å². The molecule has 1 saturated heterocycles. The van der Waals surface area contributed by atoms with Crippen LogP contribution in [-0.4, -0.2) is 34.8 Å². The molecule has 7 heteroatoms. The Morgan fingerprint density at radius 3 is 2.48 bits per heavy atom. The van der Waals surface area contributed by atoms with Crippen molar-refractivity contribution in [1.29, 1.82) is 0 Å². The van der Waals surface area contributed by atoms with Gasteiger partial charge in [-0.25, -0.2) is 9.36 Å². The first kappa shape index (κ1) is 16.0. The maximum Gasteiger partial charge on any atom is 0.334 e. The van der Waals surface area contributed by atoms with E-state index < -0.39 is 5.69 Å².